The molecule has 1 N–H and O–H groups in total. The van der Waals surface area contributed by atoms with Gasteiger partial charge in [0, 0.05) is 12.3 Å². The molecule has 2 aromatic rings. The highest BCUT2D eigenvalue weighted by Gasteiger charge is 2.11. The van der Waals surface area contributed by atoms with Crippen LogP contribution in [-0.2, 0) is 12.8 Å². The highest BCUT2D eigenvalue weighted by atomic mass is 16.5. The highest BCUT2D eigenvalue weighted by Crippen LogP contribution is 2.28. The van der Waals surface area contributed by atoms with Crippen molar-refractivity contribution in [1.29, 1.82) is 0 Å². The van der Waals surface area contributed by atoms with Gasteiger partial charge in [-0.05, 0) is 61.1 Å². The minimum atomic E-state index is -0.499. The Morgan fingerprint density at radius 1 is 1.16 bits per heavy atom. The van der Waals surface area contributed by atoms with Gasteiger partial charge in [0.15, 0.2) is 0 Å². The van der Waals surface area contributed by atoms with Crippen LogP contribution in [0.3, 0.4) is 0 Å². The molecule has 3 rings (SSSR count). The number of ether oxygens (including phenoxy) is 1. The van der Waals surface area contributed by atoms with E-state index in [-0.39, 0.29) is 0 Å². The molecule has 1 atom stereocenters. The Bertz CT molecular complexity index is 576. The highest BCUT2D eigenvalue weighted by molar-refractivity contribution is 5.39. The average Bonchev–Trinajstić information content (AvgIpc) is 2.87. The maximum atomic E-state index is 9.43. The summed E-state index contributed by atoms with van der Waals surface area (Å²) in [6, 6.07) is 9.86. The first-order valence-electron chi connectivity index (χ1n) is 6.66. The number of pyridine rings is 1. The molecule has 0 radical (unpaired) electrons. The number of aromatic nitrogens is 1. The molecule has 1 heterocycles. The van der Waals surface area contributed by atoms with Crippen LogP contribution in [0.15, 0.2) is 36.5 Å². The molecule has 98 valence electrons. The molecule has 19 heavy (non-hydrogen) atoms. The zero-order chi connectivity index (χ0) is 13.2. The van der Waals surface area contributed by atoms with Gasteiger partial charge in [-0.1, -0.05) is 6.07 Å². The number of aliphatic hydroxyl groups excluding tert-OH is 1. The fourth-order valence-electron chi connectivity index (χ4n) is 2.43. The smallest absolute Gasteiger partial charge is 0.219 e. The lowest BCUT2D eigenvalue weighted by Crippen LogP contribution is -1.94. The molecular weight excluding hydrogens is 238 g/mol. The second-order valence-electron chi connectivity index (χ2n) is 4.99. The van der Waals surface area contributed by atoms with Crippen molar-refractivity contribution in [2.24, 2.45) is 0 Å². The van der Waals surface area contributed by atoms with E-state index < -0.39 is 6.10 Å². The summed E-state index contributed by atoms with van der Waals surface area (Å²) in [5, 5.41) is 9.43. The zero-order valence-corrected chi connectivity index (χ0v) is 11.0. The molecule has 1 aliphatic carbocycles. The summed E-state index contributed by atoms with van der Waals surface area (Å²) >= 11 is 0. The second kappa shape index (κ2) is 5.02. The maximum Gasteiger partial charge on any atom is 0.219 e. The van der Waals surface area contributed by atoms with Crippen molar-refractivity contribution in [2.45, 2.75) is 32.3 Å². The van der Waals surface area contributed by atoms with Gasteiger partial charge in [-0.2, -0.15) is 0 Å². The van der Waals surface area contributed by atoms with Crippen LogP contribution in [0.1, 0.15) is 36.1 Å². The van der Waals surface area contributed by atoms with Gasteiger partial charge in [-0.15, -0.1) is 0 Å². The largest absolute Gasteiger partial charge is 0.439 e. The van der Waals surface area contributed by atoms with Crippen LogP contribution in [-0.4, -0.2) is 10.1 Å². The van der Waals surface area contributed by atoms with E-state index in [1.165, 1.54) is 24.0 Å². The molecule has 0 fully saturated rings. The standard InChI is InChI=1S/C16H17NO2/c1-11(18)14-6-8-16(17-10-14)19-15-7-5-12-3-2-4-13(12)9-15/h5-11,18H,2-4H2,1H3/t11-/m1/s1. The molecule has 3 nitrogen and oxygen atoms in total. The Morgan fingerprint density at radius 2 is 2.00 bits per heavy atom. The SMILES string of the molecule is C[C@@H](O)c1ccc(Oc2ccc3c(c2)CCC3)nc1. The Balaban J connectivity index is 1.77. The normalized spacial score (nSPS) is 15.1. The summed E-state index contributed by atoms with van der Waals surface area (Å²) in [5.74, 6) is 1.39. The Hall–Kier alpha value is -1.87. The Labute approximate surface area is 112 Å². The third-order valence-corrected chi connectivity index (χ3v) is 3.53. The predicted octanol–water partition coefficient (Wildman–Crippen LogP) is 3.42. The van der Waals surface area contributed by atoms with E-state index >= 15 is 0 Å². The van der Waals surface area contributed by atoms with Crippen LogP contribution in [0.5, 0.6) is 11.6 Å². The Kier molecular flexibility index (Phi) is 3.22. The van der Waals surface area contributed by atoms with Crippen molar-refractivity contribution < 1.29 is 9.84 Å². The minimum absolute atomic E-state index is 0.499. The molecule has 0 spiro atoms. The van der Waals surface area contributed by atoms with Gasteiger partial charge in [0.2, 0.25) is 5.88 Å². The number of fused-ring (bicyclic) bond motifs is 1. The van der Waals surface area contributed by atoms with E-state index in [0.717, 1.165) is 17.7 Å². The van der Waals surface area contributed by atoms with E-state index in [1.54, 1.807) is 19.2 Å². The summed E-state index contributed by atoms with van der Waals surface area (Å²) in [4.78, 5) is 4.21. The molecule has 1 aliphatic rings. The minimum Gasteiger partial charge on any atom is -0.439 e. The number of aliphatic hydroxyl groups is 1. The van der Waals surface area contributed by atoms with E-state index in [0.29, 0.717) is 5.88 Å². The van der Waals surface area contributed by atoms with Crippen molar-refractivity contribution in [2.75, 3.05) is 0 Å². The van der Waals surface area contributed by atoms with Gasteiger partial charge in [0.05, 0.1) is 6.10 Å². The third kappa shape index (κ3) is 2.61. The first-order valence-corrected chi connectivity index (χ1v) is 6.66. The summed E-state index contributed by atoms with van der Waals surface area (Å²) in [6.45, 7) is 1.72. The molecule has 0 bridgehead atoms. The molecular formula is C16H17NO2. The number of nitrogens with zero attached hydrogens (tertiary/aromatic N) is 1. The molecule has 0 amide bonds. The van der Waals surface area contributed by atoms with Crippen LogP contribution in [0, 0.1) is 0 Å². The third-order valence-electron chi connectivity index (χ3n) is 3.53. The van der Waals surface area contributed by atoms with Crippen LogP contribution < -0.4 is 4.74 Å². The van der Waals surface area contributed by atoms with E-state index in [2.05, 4.69) is 17.1 Å². The molecule has 0 saturated heterocycles. The zero-order valence-electron chi connectivity index (χ0n) is 11.0. The number of benzene rings is 1. The van der Waals surface area contributed by atoms with Crippen molar-refractivity contribution in [1.82, 2.24) is 4.98 Å². The molecule has 0 aliphatic heterocycles. The quantitative estimate of drug-likeness (QED) is 0.913. The summed E-state index contributed by atoms with van der Waals surface area (Å²) in [5.41, 5.74) is 3.61. The van der Waals surface area contributed by atoms with E-state index in [1.807, 2.05) is 12.1 Å². The van der Waals surface area contributed by atoms with Crippen molar-refractivity contribution in [3.05, 3.63) is 53.2 Å². The lowest BCUT2D eigenvalue weighted by atomic mass is 10.1. The first kappa shape index (κ1) is 12.2. The van der Waals surface area contributed by atoms with Gasteiger partial charge in [-0.3, -0.25) is 0 Å². The fourth-order valence-corrected chi connectivity index (χ4v) is 2.43. The lowest BCUT2D eigenvalue weighted by molar-refractivity contribution is 0.198. The topological polar surface area (TPSA) is 42.4 Å². The molecule has 1 aromatic carbocycles. The number of rotatable bonds is 3. The summed E-state index contributed by atoms with van der Waals surface area (Å²) in [7, 11) is 0. The van der Waals surface area contributed by atoms with Gasteiger partial charge < -0.3 is 9.84 Å². The number of hydrogen-bond donors (Lipinski definition) is 1. The maximum absolute atomic E-state index is 9.43. The summed E-state index contributed by atoms with van der Waals surface area (Å²) < 4.78 is 5.75. The van der Waals surface area contributed by atoms with Gasteiger partial charge in [0.1, 0.15) is 5.75 Å². The molecule has 0 unspecified atom stereocenters. The molecule has 3 heteroatoms. The van der Waals surface area contributed by atoms with Crippen LogP contribution in [0.2, 0.25) is 0 Å². The van der Waals surface area contributed by atoms with Gasteiger partial charge in [0.25, 0.3) is 0 Å². The van der Waals surface area contributed by atoms with Crippen molar-refractivity contribution >= 4 is 0 Å². The van der Waals surface area contributed by atoms with Crippen LogP contribution in [0.4, 0.5) is 0 Å². The van der Waals surface area contributed by atoms with Crippen molar-refractivity contribution in [3.63, 3.8) is 0 Å². The van der Waals surface area contributed by atoms with E-state index in [9.17, 15) is 5.11 Å². The van der Waals surface area contributed by atoms with E-state index in [4.69, 9.17) is 4.74 Å². The monoisotopic (exact) mass is 255 g/mol. The van der Waals surface area contributed by atoms with Crippen LogP contribution >= 0.6 is 0 Å². The van der Waals surface area contributed by atoms with Gasteiger partial charge in [-0.25, -0.2) is 4.98 Å². The summed E-state index contributed by atoms with van der Waals surface area (Å²) in [6.07, 6.45) is 4.70. The van der Waals surface area contributed by atoms with Crippen LogP contribution in [0.25, 0.3) is 0 Å². The number of hydrogen-bond acceptors (Lipinski definition) is 3. The lowest BCUT2D eigenvalue weighted by Gasteiger charge is -2.08. The van der Waals surface area contributed by atoms with Gasteiger partial charge >= 0.3 is 0 Å². The van der Waals surface area contributed by atoms with Crippen molar-refractivity contribution in [3.8, 4) is 11.6 Å². The Morgan fingerprint density at radius 3 is 2.74 bits per heavy atom. The molecule has 0 saturated carbocycles. The average molecular weight is 255 g/mol. The predicted molar refractivity (Wildman–Crippen MR) is 73.4 cm³/mol. The molecule has 1 aromatic heterocycles. The second-order valence-corrected chi connectivity index (χ2v) is 4.99. The number of aryl methyl sites for hydroxylation is 2. The fraction of sp³-hybridized carbons (Fsp3) is 0.312. The first-order chi connectivity index (χ1) is 9.22.